The maximum atomic E-state index is 12.1. The summed E-state index contributed by atoms with van der Waals surface area (Å²) in [5.41, 5.74) is 0. The summed E-state index contributed by atoms with van der Waals surface area (Å²) in [5.74, 6) is -0.532. The molecule has 0 spiro atoms. The molecular weight excluding hydrogens is 264 g/mol. The highest BCUT2D eigenvalue weighted by Crippen LogP contribution is 2.09. The minimum atomic E-state index is -0.415. The van der Waals surface area contributed by atoms with Gasteiger partial charge in [0, 0.05) is 39.8 Å². The molecule has 2 fully saturated rings. The number of carbonyl (C=O) groups is 3. The summed E-state index contributed by atoms with van der Waals surface area (Å²) >= 11 is 0. The van der Waals surface area contributed by atoms with Gasteiger partial charge in [-0.05, 0) is 0 Å². The van der Waals surface area contributed by atoms with Gasteiger partial charge in [0.2, 0.25) is 5.91 Å². The third-order valence-corrected chi connectivity index (χ3v) is 3.67. The molecule has 2 saturated heterocycles. The number of piperazine rings is 1. The van der Waals surface area contributed by atoms with E-state index in [9.17, 15) is 14.4 Å². The number of amides is 4. The monoisotopic (exact) mass is 284 g/mol. The van der Waals surface area contributed by atoms with Crippen LogP contribution in [0.2, 0.25) is 0 Å². The molecule has 2 heterocycles. The van der Waals surface area contributed by atoms with Crippen LogP contribution in [-0.2, 0) is 9.59 Å². The third kappa shape index (κ3) is 3.07. The number of rotatable bonds is 4. The highest BCUT2D eigenvalue weighted by molar-refractivity contribution is 6.04. The molecule has 0 aromatic carbocycles. The molecular formula is C12H20N4O4. The fraction of sp³-hybridized carbons (Fsp3) is 0.750. The fourth-order valence-electron chi connectivity index (χ4n) is 2.42. The van der Waals surface area contributed by atoms with Crippen LogP contribution < -0.4 is 0 Å². The lowest BCUT2D eigenvalue weighted by Crippen LogP contribution is -2.52. The lowest BCUT2D eigenvalue weighted by atomic mass is 10.3. The minimum absolute atomic E-state index is 0.0381. The number of β-amino-alcohol motifs (C(OH)–C–C–N with tert-alkyl or cyclic N) is 1. The standard InChI is InChI=1S/C12H20N4O4/c1-13-8-11(19)16(12(13)20)9-10(18)15-4-2-14(3-5-15)6-7-17/h17H,2-9H2,1H3. The number of hydrogen-bond donors (Lipinski definition) is 1. The van der Waals surface area contributed by atoms with E-state index in [0.717, 1.165) is 4.90 Å². The first-order valence-electron chi connectivity index (χ1n) is 6.69. The molecule has 0 bridgehead atoms. The molecule has 112 valence electrons. The Balaban J connectivity index is 1.84. The van der Waals surface area contributed by atoms with Crippen molar-refractivity contribution >= 4 is 17.8 Å². The molecule has 2 aliphatic heterocycles. The lowest BCUT2D eigenvalue weighted by molar-refractivity contribution is -0.137. The molecule has 4 amide bonds. The van der Waals surface area contributed by atoms with Crippen LogP contribution in [0, 0.1) is 0 Å². The zero-order valence-corrected chi connectivity index (χ0v) is 11.6. The Morgan fingerprint density at radius 1 is 1.20 bits per heavy atom. The first kappa shape index (κ1) is 14.7. The van der Waals surface area contributed by atoms with E-state index in [1.807, 2.05) is 0 Å². The molecule has 0 aliphatic carbocycles. The second kappa shape index (κ2) is 6.19. The second-order valence-corrected chi connectivity index (χ2v) is 5.06. The van der Waals surface area contributed by atoms with Crippen LogP contribution in [0.25, 0.3) is 0 Å². The normalized spacial score (nSPS) is 21.0. The number of nitrogens with zero attached hydrogens (tertiary/aromatic N) is 4. The molecule has 2 rings (SSSR count). The smallest absolute Gasteiger partial charge is 0.327 e. The van der Waals surface area contributed by atoms with Crippen LogP contribution in [0.15, 0.2) is 0 Å². The summed E-state index contributed by atoms with van der Waals surface area (Å²) in [6, 6.07) is -0.415. The van der Waals surface area contributed by atoms with Crippen molar-refractivity contribution in [2.45, 2.75) is 0 Å². The van der Waals surface area contributed by atoms with Crippen LogP contribution in [0.5, 0.6) is 0 Å². The second-order valence-electron chi connectivity index (χ2n) is 5.06. The van der Waals surface area contributed by atoms with Crippen molar-refractivity contribution in [3.8, 4) is 0 Å². The van der Waals surface area contributed by atoms with E-state index >= 15 is 0 Å². The van der Waals surface area contributed by atoms with Gasteiger partial charge in [-0.3, -0.25) is 19.4 Å². The van der Waals surface area contributed by atoms with Gasteiger partial charge in [-0.15, -0.1) is 0 Å². The zero-order chi connectivity index (χ0) is 14.7. The predicted molar refractivity (Wildman–Crippen MR) is 69.8 cm³/mol. The van der Waals surface area contributed by atoms with E-state index in [4.69, 9.17) is 5.11 Å². The van der Waals surface area contributed by atoms with Gasteiger partial charge in [-0.25, -0.2) is 4.79 Å². The predicted octanol–water partition coefficient (Wildman–Crippen LogP) is -1.98. The Morgan fingerprint density at radius 2 is 1.85 bits per heavy atom. The summed E-state index contributed by atoms with van der Waals surface area (Å²) in [6.07, 6.45) is 0. The maximum Gasteiger partial charge on any atom is 0.327 e. The van der Waals surface area contributed by atoms with Gasteiger partial charge in [-0.2, -0.15) is 0 Å². The molecule has 20 heavy (non-hydrogen) atoms. The summed E-state index contributed by atoms with van der Waals surface area (Å²) in [5, 5.41) is 8.86. The Hall–Kier alpha value is -1.67. The van der Waals surface area contributed by atoms with Crippen molar-refractivity contribution in [1.82, 2.24) is 19.6 Å². The third-order valence-electron chi connectivity index (χ3n) is 3.67. The summed E-state index contributed by atoms with van der Waals surface area (Å²) < 4.78 is 0. The number of carbonyl (C=O) groups excluding carboxylic acids is 3. The van der Waals surface area contributed by atoms with Crippen molar-refractivity contribution in [2.75, 3.05) is 59.5 Å². The average molecular weight is 284 g/mol. The Bertz CT molecular complexity index is 406. The largest absolute Gasteiger partial charge is 0.395 e. The van der Waals surface area contributed by atoms with Crippen molar-refractivity contribution in [3.63, 3.8) is 0 Å². The topological polar surface area (TPSA) is 84.4 Å². The van der Waals surface area contributed by atoms with E-state index < -0.39 is 6.03 Å². The van der Waals surface area contributed by atoms with E-state index in [-0.39, 0.29) is 31.5 Å². The van der Waals surface area contributed by atoms with E-state index in [2.05, 4.69) is 4.90 Å². The molecule has 8 nitrogen and oxygen atoms in total. The maximum absolute atomic E-state index is 12.1. The van der Waals surface area contributed by atoms with Crippen LogP contribution >= 0.6 is 0 Å². The zero-order valence-electron chi connectivity index (χ0n) is 11.6. The summed E-state index contributed by atoms with van der Waals surface area (Å²) in [7, 11) is 1.54. The molecule has 2 aliphatic rings. The first-order chi connectivity index (χ1) is 9.52. The SMILES string of the molecule is CN1CC(=O)N(CC(=O)N2CCN(CCO)CC2)C1=O. The highest BCUT2D eigenvalue weighted by atomic mass is 16.3. The Labute approximate surface area is 117 Å². The summed E-state index contributed by atoms with van der Waals surface area (Å²) in [6.45, 7) is 3.10. The molecule has 0 aromatic rings. The quantitative estimate of drug-likeness (QED) is 0.605. The van der Waals surface area contributed by atoms with Crippen LogP contribution in [-0.4, -0.2) is 102 Å². The van der Waals surface area contributed by atoms with Crippen molar-refractivity contribution < 1.29 is 19.5 Å². The molecule has 0 saturated carbocycles. The molecule has 0 unspecified atom stereocenters. The van der Waals surface area contributed by atoms with E-state index in [1.165, 1.54) is 4.90 Å². The average Bonchev–Trinajstić information content (AvgIpc) is 2.66. The number of likely N-dealkylation sites (N-methyl/N-ethyl adjacent to an activating group) is 1. The molecule has 8 heteroatoms. The molecule has 0 atom stereocenters. The Morgan fingerprint density at radius 3 is 2.35 bits per heavy atom. The number of hydrogen-bond acceptors (Lipinski definition) is 5. The molecule has 1 N–H and O–H groups in total. The Kier molecular flexibility index (Phi) is 4.56. The van der Waals surface area contributed by atoms with Gasteiger partial charge >= 0.3 is 6.03 Å². The highest BCUT2D eigenvalue weighted by Gasteiger charge is 2.36. The van der Waals surface area contributed by atoms with Crippen LogP contribution in [0.1, 0.15) is 0 Å². The van der Waals surface area contributed by atoms with Gasteiger partial charge in [0.1, 0.15) is 13.1 Å². The minimum Gasteiger partial charge on any atom is -0.395 e. The van der Waals surface area contributed by atoms with Crippen LogP contribution in [0.3, 0.4) is 0 Å². The number of aliphatic hydroxyl groups excluding tert-OH is 1. The van der Waals surface area contributed by atoms with Crippen LogP contribution in [0.4, 0.5) is 4.79 Å². The van der Waals surface area contributed by atoms with Gasteiger partial charge in [0.25, 0.3) is 5.91 Å². The first-order valence-corrected chi connectivity index (χ1v) is 6.69. The van der Waals surface area contributed by atoms with Crippen molar-refractivity contribution in [2.24, 2.45) is 0 Å². The van der Waals surface area contributed by atoms with Gasteiger partial charge < -0.3 is 14.9 Å². The number of imide groups is 1. The lowest BCUT2D eigenvalue weighted by Gasteiger charge is -2.34. The van der Waals surface area contributed by atoms with Gasteiger partial charge in [0.05, 0.1) is 6.61 Å². The molecule has 0 aromatic heterocycles. The van der Waals surface area contributed by atoms with Crippen molar-refractivity contribution in [1.29, 1.82) is 0 Å². The summed E-state index contributed by atoms with van der Waals surface area (Å²) in [4.78, 5) is 41.4. The fourth-order valence-corrected chi connectivity index (χ4v) is 2.42. The number of urea groups is 1. The molecule has 0 radical (unpaired) electrons. The number of aliphatic hydroxyl groups is 1. The van der Waals surface area contributed by atoms with Gasteiger partial charge in [-0.1, -0.05) is 0 Å². The van der Waals surface area contributed by atoms with E-state index in [1.54, 1.807) is 11.9 Å². The van der Waals surface area contributed by atoms with Gasteiger partial charge in [0.15, 0.2) is 0 Å². The van der Waals surface area contributed by atoms with E-state index in [0.29, 0.717) is 32.7 Å². The van der Waals surface area contributed by atoms with Crippen molar-refractivity contribution in [3.05, 3.63) is 0 Å².